The van der Waals surface area contributed by atoms with Crippen molar-refractivity contribution >= 4 is 11.5 Å². The minimum atomic E-state index is -0.916. The van der Waals surface area contributed by atoms with E-state index < -0.39 is 5.23 Å². The lowest BCUT2D eigenvalue weighted by Gasteiger charge is -2.21. The van der Waals surface area contributed by atoms with Crippen molar-refractivity contribution in [2.24, 2.45) is 0 Å². The molecule has 4 rings (SSSR count). The molecule has 1 aliphatic heterocycles. The van der Waals surface area contributed by atoms with Crippen LogP contribution in [0.15, 0.2) is 47.1 Å². The first kappa shape index (κ1) is 18.5. The Morgan fingerprint density at radius 1 is 1.29 bits per heavy atom. The van der Waals surface area contributed by atoms with Gasteiger partial charge in [-0.2, -0.15) is 10.2 Å². The van der Waals surface area contributed by atoms with Crippen LogP contribution in [0.4, 0.5) is 11.5 Å². The molecular weight excluding hydrogens is 360 g/mol. The van der Waals surface area contributed by atoms with Crippen molar-refractivity contribution < 1.29 is 15.0 Å². The van der Waals surface area contributed by atoms with Crippen LogP contribution in [0.25, 0.3) is 11.4 Å². The lowest BCUT2D eigenvalue weighted by molar-refractivity contribution is -0.991. The fraction of sp³-hybridized carbons (Fsp3) is 0.316. The fourth-order valence-corrected chi connectivity index (χ4v) is 3.44. The number of anilines is 1. The fourth-order valence-electron chi connectivity index (χ4n) is 3.44. The monoisotopic (exact) mass is 382 g/mol. The van der Waals surface area contributed by atoms with Crippen LogP contribution in [0.5, 0.6) is 0 Å². The summed E-state index contributed by atoms with van der Waals surface area (Å²) in [5, 5.41) is 26.2. The van der Waals surface area contributed by atoms with Crippen LogP contribution in [0.2, 0.25) is 0 Å². The molecule has 1 fully saturated rings. The van der Waals surface area contributed by atoms with Crippen molar-refractivity contribution in [1.29, 1.82) is 0 Å². The largest absolute Gasteiger partial charge is 0.595 e. The first-order valence-corrected chi connectivity index (χ1v) is 9.18. The van der Waals surface area contributed by atoms with Gasteiger partial charge >= 0.3 is 0 Å². The Bertz CT molecular complexity index is 910. The number of rotatable bonds is 6. The second kappa shape index (κ2) is 8.03. The third-order valence-corrected chi connectivity index (χ3v) is 4.95. The zero-order valence-electron chi connectivity index (χ0n) is 15.5. The van der Waals surface area contributed by atoms with E-state index >= 15 is 0 Å². The molecule has 1 saturated heterocycles. The average Bonchev–Trinajstić information content (AvgIpc) is 3.38. The molecule has 0 saturated carbocycles. The van der Waals surface area contributed by atoms with E-state index in [1.807, 2.05) is 31.3 Å². The number of hydrogen-bond donors (Lipinski definition) is 3. The van der Waals surface area contributed by atoms with Crippen LogP contribution >= 0.6 is 0 Å². The highest BCUT2D eigenvalue weighted by atomic mass is 16.8. The zero-order valence-corrected chi connectivity index (χ0v) is 15.5. The van der Waals surface area contributed by atoms with E-state index in [1.54, 1.807) is 18.3 Å². The Labute approximate surface area is 162 Å². The molecule has 2 atom stereocenters. The van der Waals surface area contributed by atoms with Crippen molar-refractivity contribution in [3.8, 4) is 11.4 Å². The molecule has 9 nitrogen and oxygen atoms in total. The van der Waals surface area contributed by atoms with E-state index in [2.05, 4.69) is 25.3 Å². The summed E-state index contributed by atoms with van der Waals surface area (Å²) < 4.78 is 5.55. The van der Waals surface area contributed by atoms with Crippen molar-refractivity contribution in [1.82, 2.24) is 20.0 Å². The highest BCUT2D eigenvalue weighted by Gasteiger charge is 2.30. The molecule has 2 aromatic heterocycles. The maximum atomic E-state index is 11.0. The van der Waals surface area contributed by atoms with E-state index in [9.17, 15) is 5.21 Å². The van der Waals surface area contributed by atoms with Gasteiger partial charge in [0.2, 0.25) is 11.7 Å². The average molecular weight is 382 g/mol. The molecule has 1 aliphatic rings. The minimum absolute atomic E-state index is 0.0601. The van der Waals surface area contributed by atoms with Gasteiger partial charge in [0.15, 0.2) is 5.69 Å². The molecule has 146 valence electrons. The third kappa shape index (κ3) is 3.87. The summed E-state index contributed by atoms with van der Waals surface area (Å²) in [6.07, 6.45) is 3.72. The van der Waals surface area contributed by atoms with Gasteiger partial charge in [0.25, 0.3) is 0 Å². The molecule has 0 spiro atoms. The van der Waals surface area contributed by atoms with Crippen LogP contribution < -0.4 is 10.5 Å². The molecule has 0 radical (unpaired) electrons. The van der Waals surface area contributed by atoms with Gasteiger partial charge in [0.1, 0.15) is 5.82 Å². The number of aromatic nitrogens is 3. The summed E-state index contributed by atoms with van der Waals surface area (Å²) in [5.41, 5.74) is 2.16. The Balaban J connectivity index is 1.48. The molecule has 3 heterocycles. The van der Waals surface area contributed by atoms with Crippen molar-refractivity contribution in [2.75, 3.05) is 18.9 Å². The van der Waals surface area contributed by atoms with Gasteiger partial charge in [-0.3, -0.25) is 4.90 Å². The van der Waals surface area contributed by atoms with Crippen LogP contribution in [-0.2, 0) is 6.54 Å². The van der Waals surface area contributed by atoms with Crippen molar-refractivity contribution in [3.63, 3.8) is 0 Å². The van der Waals surface area contributed by atoms with E-state index in [1.165, 1.54) is 0 Å². The Morgan fingerprint density at radius 3 is 2.79 bits per heavy atom. The second-order valence-corrected chi connectivity index (χ2v) is 6.77. The van der Waals surface area contributed by atoms with E-state index in [0.717, 1.165) is 36.3 Å². The molecule has 3 aromatic rings. The van der Waals surface area contributed by atoms with Gasteiger partial charge in [-0.1, -0.05) is 17.3 Å². The Hall–Kier alpha value is -2.85. The number of benzene rings is 1. The number of quaternary nitrogens is 1. The van der Waals surface area contributed by atoms with Crippen molar-refractivity contribution in [3.05, 3.63) is 59.3 Å². The Kier molecular flexibility index (Phi) is 5.31. The molecule has 0 amide bonds. The molecule has 28 heavy (non-hydrogen) atoms. The summed E-state index contributed by atoms with van der Waals surface area (Å²) in [6.45, 7) is 1.64. The number of likely N-dealkylation sites (tertiary alicyclic amines) is 1. The predicted molar refractivity (Wildman–Crippen MR) is 102 cm³/mol. The maximum absolute atomic E-state index is 11.0. The number of hydrogen-bond acceptors (Lipinski definition) is 8. The van der Waals surface area contributed by atoms with E-state index in [4.69, 9.17) is 9.73 Å². The van der Waals surface area contributed by atoms with Gasteiger partial charge in [-0.25, -0.2) is 10.2 Å². The lowest BCUT2D eigenvalue weighted by Crippen LogP contribution is -2.99. The van der Waals surface area contributed by atoms with Gasteiger partial charge in [0, 0.05) is 37.5 Å². The molecule has 1 unspecified atom stereocenters. The highest BCUT2D eigenvalue weighted by molar-refractivity contribution is 5.55. The molecule has 1 aromatic carbocycles. The van der Waals surface area contributed by atoms with Gasteiger partial charge in [-0.05, 0) is 37.1 Å². The summed E-state index contributed by atoms with van der Waals surface area (Å²) in [4.78, 5) is 11.2. The SMILES string of the molecule is CNc1ccc(-c2noc([C@@H]3CCCN3Cc3ccc([NH+]([O-])O)cc3)n2)cn1. The number of nitrogens with zero attached hydrogens (tertiary/aromatic N) is 4. The molecule has 0 bridgehead atoms. The van der Waals surface area contributed by atoms with Gasteiger partial charge in [0.05, 0.1) is 6.04 Å². The van der Waals surface area contributed by atoms with Gasteiger partial charge in [-0.15, -0.1) is 0 Å². The smallest absolute Gasteiger partial charge is 0.244 e. The van der Waals surface area contributed by atoms with Crippen LogP contribution in [0.3, 0.4) is 0 Å². The second-order valence-electron chi connectivity index (χ2n) is 6.77. The Morgan fingerprint density at radius 2 is 2.11 bits per heavy atom. The third-order valence-electron chi connectivity index (χ3n) is 4.95. The summed E-state index contributed by atoms with van der Waals surface area (Å²) in [5.74, 6) is 1.92. The maximum Gasteiger partial charge on any atom is 0.244 e. The first-order valence-electron chi connectivity index (χ1n) is 9.18. The topological polar surface area (TPSA) is 115 Å². The van der Waals surface area contributed by atoms with Crippen LogP contribution in [0.1, 0.15) is 30.3 Å². The summed E-state index contributed by atoms with van der Waals surface area (Å²) >= 11 is 0. The summed E-state index contributed by atoms with van der Waals surface area (Å²) in [7, 11) is 1.82. The van der Waals surface area contributed by atoms with Crippen LogP contribution in [-0.4, -0.2) is 38.8 Å². The zero-order chi connectivity index (χ0) is 19.5. The van der Waals surface area contributed by atoms with Gasteiger partial charge < -0.3 is 15.0 Å². The highest BCUT2D eigenvalue weighted by Crippen LogP contribution is 2.33. The van der Waals surface area contributed by atoms with Crippen LogP contribution in [0, 0.1) is 5.21 Å². The van der Waals surface area contributed by atoms with E-state index in [0.29, 0.717) is 23.9 Å². The van der Waals surface area contributed by atoms with Crippen molar-refractivity contribution in [2.45, 2.75) is 25.4 Å². The quantitative estimate of drug-likeness (QED) is 0.554. The van der Waals surface area contributed by atoms with E-state index in [-0.39, 0.29) is 6.04 Å². The lowest BCUT2D eigenvalue weighted by atomic mass is 10.1. The molecule has 3 N–H and O–H groups in total. The standard InChI is InChI=1S/C19H22N6O3/c1-20-17-9-6-14(11-21-17)18-22-19(28-23-18)16-3-2-10-24(16)12-13-4-7-15(8-5-13)25(26)27/h4-9,11,16,25-26H,2-3,10,12H2,1H3,(H,20,21)/t16-/m0/s1. The predicted octanol–water partition coefficient (Wildman–Crippen LogP) is 1.91. The number of nitrogens with one attached hydrogen (secondary N) is 2. The minimum Gasteiger partial charge on any atom is -0.595 e. The normalized spacial score (nSPS) is 18.3. The summed E-state index contributed by atoms with van der Waals surface area (Å²) in [6, 6.07) is 10.8. The molecule has 0 aliphatic carbocycles. The molecule has 9 heteroatoms. The number of pyridine rings is 1. The molecular formula is C19H22N6O3. The first-order chi connectivity index (χ1) is 13.6.